The Balaban J connectivity index is -0.000000281. The fraction of sp³-hybridized carbons (Fsp3) is 0.455. The first-order valence-electron chi connectivity index (χ1n) is 9.14. The van der Waals surface area contributed by atoms with E-state index < -0.39 is 0 Å². The van der Waals surface area contributed by atoms with E-state index in [0.29, 0.717) is 0 Å². The van der Waals surface area contributed by atoms with Crippen molar-refractivity contribution in [3.05, 3.63) is 71.3 Å². The van der Waals surface area contributed by atoms with E-state index in [1.54, 1.807) is 24.3 Å². The number of halogens is 2. The van der Waals surface area contributed by atoms with Crippen LogP contribution in [0.1, 0.15) is 66.5 Å². The first kappa shape index (κ1) is 27.2. The molecule has 0 nitrogen and oxygen atoms in total. The highest BCUT2D eigenvalue weighted by Gasteiger charge is 1.88. The molecule has 138 valence electrons. The Morgan fingerprint density at radius 2 is 0.708 bits per heavy atom. The molecule has 24 heavy (non-hydrogen) atoms. The lowest BCUT2D eigenvalue weighted by Gasteiger charge is -1.92. The van der Waals surface area contributed by atoms with Crippen LogP contribution in [-0.2, 0) is 12.8 Å². The van der Waals surface area contributed by atoms with Gasteiger partial charge in [-0.1, -0.05) is 79.7 Å². The molecule has 0 aliphatic heterocycles. The van der Waals surface area contributed by atoms with E-state index in [2.05, 4.69) is 0 Å². The average Bonchev–Trinajstić information content (AvgIpc) is 2.68. The summed E-state index contributed by atoms with van der Waals surface area (Å²) in [5.74, 6) is -0.320. The molecule has 0 fully saturated rings. The number of hydrogen-bond donors (Lipinski definition) is 0. The van der Waals surface area contributed by atoms with Crippen LogP contribution in [0.5, 0.6) is 0 Å². The van der Waals surface area contributed by atoms with Gasteiger partial charge in [0.2, 0.25) is 0 Å². The van der Waals surface area contributed by atoms with E-state index in [0.717, 1.165) is 12.8 Å². The zero-order valence-electron chi connectivity index (χ0n) is 16.8. The van der Waals surface area contributed by atoms with Gasteiger partial charge in [0.15, 0.2) is 0 Å². The molecule has 0 aliphatic rings. The SMILES string of the molecule is CC.CC.CC.CCc1ccc(F)cc1.CCc1ccc(F)cc1. The Morgan fingerprint density at radius 3 is 0.875 bits per heavy atom. The van der Waals surface area contributed by atoms with Crippen LogP contribution in [0.3, 0.4) is 0 Å². The van der Waals surface area contributed by atoms with Gasteiger partial charge in [0.05, 0.1) is 0 Å². The minimum absolute atomic E-state index is 0.160. The van der Waals surface area contributed by atoms with Crippen molar-refractivity contribution in [2.45, 2.75) is 68.2 Å². The maximum Gasteiger partial charge on any atom is 0.123 e. The van der Waals surface area contributed by atoms with Crippen LogP contribution in [0.2, 0.25) is 0 Å². The number of benzene rings is 2. The average molecular weight is 339 g/mol. The summed E-state index contributed by atoms with van der Waals surface area (Å²) in [6, 6.07) is 13.1. The quantitative estimate of drug-likeness (QED) is 0.523. The summed E-state index contributed by atoms with van der Waals surface area (Å²) in [7, 11) is 0. The molecule has 2 rings (SSSR count). The summed E-state index contributed by atoms with van der Waals surface area (Å²) in [5.41, 5.74) is 2.35. The van der Waals surface area contributed by atoms with Gasteiger partial charge in [-0.05, 0) is 48.2 Å². The van der Waals surface area contributed by atoms with Crippen LogP contribution >= 0.6 is 0 Å². The predicted molar refractivity (Wildman–Crippen MR) is 106 cm³/mol. The molecule has 0 bridgehead atoms. The van der Waals surface area contributed by atoms with Crippen molar-refractivity contribution < 1.29 is 8.78 Å². The van der Waals surface area contributed by atoms with Gasteiger partial charge in [0, 0.05) is 0 Å². The van der Waals surface area contributed by atoms with E-state index >= 15 is 0 Å². The van der Waals surface area contributed by atoms with Crippen molar-refractivity contribution in [1.29, 1.82) is 0 Å². The molecule has 0 aliphatic carbocycles. The Labute approximate surface area is 148 Å². The van der Waals surface area contributed by atoms with E-state index in [1.165, 1.54) is 35.4 Å². The van der Waals surface area contributed by atoms with Crippen molar-refractivity contribution in [2.24, 2.45) is 0 Å². The molecule has 0 N–H and O–H groups in total. The van der Waals surface area contributed by atoms with Crippen molar-refractivity contribution in [1.82, 2.24) is 0 Å². The van der Waals surface area contributed by atoms with Crippen LogP contribution in [0.4, 0.5) is 8.78 Å². The minimum atomic E-state index is -0.160. The molecule has 0 unspecified atom stereocenters. The molecular formula is C22H36F2. The summed E-state index contributed by atoms with van der Waals surface area (Å²) < 4.78 is 24.4. The van der Waals surface area contributed by atoms with Gasteiger partial charge in [0.25, 0.3) is 0 Å². The highest BCUT2D eigenvalue weighted by molar-refractivity contribution is 5.16. The zero-order chi connectivity index (χ0) is 19.4. The second-order valence-electron chi connectivity index (χ2n) is 3.96. The Kier molecular flexibility index (Phi) is 24.1. The number of hydrogen-bond acceptors (Lipinski definition) is 0. The van der Waals surface area contributed by atoms with Crippen molar-refractivity contribution >= 4 is 0 Å². The first-order chi connectivity index (χ1) is 11.7. The summed E-state index contributed by atoms with van der Waals surface area (Å²) in [4.78, 5) is 0. The van der Waals surface area contributed by atoms with E-state index in [9.17, 15) is 8.78 Å². The van der Waals surface area contributed by atoms with Crippen LogP contribution in [-0.4, -0.2) is 0 Å². The van der Waals surface area contributed by atoms with Crippen molar-refractivity contribution in [2.75, 3.05) is 0 Å². The van der Waals surface area contributed by atoms with Gasteiger partial charge in [0.1, 0.15) is 11.6 Å². The third-order valence-electron chi connectivity index (χ3n) is 2.64. The van der Waals surface area contributed by atoms with E-state index in [1.807, 2.05) is 55.4 Å². The molecule has 0 saturated heterocycles. The molecule has 0 aromatic heterocycles. The standard InChI is InChI=1S/2C8H9F.3C2H6/c2*1-2-7-3-5-8(9)6-4-7;3*1-2/h2*3-6H,2H2,1H3;3*1-2H3. The van der Waals surface area contributed by atoms with Crippen LogP contribution < -0.4 is 0 Å². The summed E-state index contributed by atoms with van der Waals surface area (Å²) in [5, 5.41) is 0. The van der Waals surface area contributed by atoms with Gasteiger partial charge in [-0.25, -0.2) is 8.78 Å². The Hall–Kier alpha value is -1.70. The molecular weight excluding hydrogens is 302 g/mol. The molecule has 0 spiro atoms. The van der Waals surface area contributed by atoms with Gasteiger partial charge in [-0.2, -0.15) is 0 Å². The molecule has 0 radical (unpaired) electrons. The third kappa shape index (κ3) is 15.2. The normalized spacial score (nSPS) is 7.92. The highest BCUT2D eigenvalue weighted by Crippen LogP contribution is 2.02. The predicted octanol–water partition coefficient (Wildman–Crippen LogP) is 7.85. The monoisotopic (exact) mass is 338 g/mol. The molecule has 2 heteroatoms. The molecule has 2 aromatic rings. The van der Waals surface area contributed by atoms with Crippen LogP contribution in [0.15, 0.2) is 48.5 Å². The molecule has 2 aromatic carbocycles. The minimum Gasteiger partial charge on any atom is -0.207 e. The van der Waals surface area contributed by atoms with E-state index in [-0.39, 0.29) is 11.6 Å². The number of aryl methyl sites for hydroxylation is 2. The van der Waals surface area contributed by atoms with Crippen molar-refractivity contribution in [3.8, 4) is 0 Å². The van der Waals surface area contributed by atoms with Crippen molar-refractivity contribution in [3.63, 3.8) is 0 Å². The highest BCUT2D eigenvalue weighted by atomic mass is 19.1. The lowest BCUT2D eigenvalue weighted by molar-refractivity contribution is 0.626. The number of rotatable bonds is 2. The summed E-state index contributed by atoms with van der Waals surface area (Å²) >= 11 is 0. The molecule has 0 saturated carbocycles. The van der Waals surface area contributed by atoms with Gasteiger partial charge in [-0.15, -0.1) is 0 Å². The smallest absolute Gasteiger partial charge is 0.123 e. The molecule has 0 heterocycles. The van der Waals surface area contributed by atoms with Crippen LogP contribution in [0.25, 0.3) is 0 Å². The van der Waals surface area contributed by atoms with E-state index in [4.69, 9.17) is 0 Å². The molecule has 0 atom stereocenters. The summed E-state index contributed by atoms with van der Waals surface area (Å²) in [6.07, 6.45) is 1.94. The van der Waals surface area contributed by atoms with Gasteiger partial charge in [-0.3, -0.25) is 0 Å². The Morgan fingerprint density at radius 1 is 0.500 bits per heavy atom. The second kappa shape index (κ2) is 21.3. The third-order valence-corrected chi connectivity index (χ3v) is 2.64. The first-order valence-corrected chi connectivity index (χ1v) is 9.14. The lowest BCUT2D eigenvalue weighted by atomic mass is 10.2. The fourth-order valence-corrected chi connectivity index (χ4v) is 1.44. The Bertz CT molecular complexity index is 399. The zero-order valence-corrected chi connectivity index (χ0v) is 16.8. The summed E-state index contributed by atoms with van der Waals surface area (Å²) in [6.45, 7) is 16.1. The molecule has 0 amide bonds. The lowest BCUT2D eigenvalue weighted by Crippen LogP contribution is -1.78. The van der Waals surface area contributed by atoms with Crippen LogP contribution in [0, 0.1) is 11.6 Å². The van der Waals surface area contributed by atoms with Gasteiger partial charge < -0.3 is 0 Å². The maximum absolute atomic E-state index is 12.2. The second-order valence-corrected chi connectivity index (χ2v) is 3.96. The largest absolute Gasteiger partial charge is 0.207 e. The van der Waals surface area contributed by atoms with Gasteiger partial charge >= 0.3 is 0 Å². The fourth-order valence-electron chi connectivity index (χ4n) is 1.44. The maximum atomic E-state index is 12.2. The topological polar surface area (TPSA) is 0 Å².